The zero-order valence-electron chi connectivity index (χ0n) is 11.8. The van der Waals surface area contributed by atoms with Crippen LogP contribution in [0.2, 0.25) is 0 Å². The van der Waals surface area contributed by atoms with E-state index >= 15 is 0 Å². The number of amides is 1. The molecule has 2 aromatic heterocycles. The molecule has 1 saturated heterocycles. The zero-order chi connectivity index (χ0) is 14.7. The molecule has 0 aromatic carbocycles. The van der Waals surface area contributed by atoms with Gasteiger partial charge in [-0.05, 0) is 25.8 Å². The number of hydrogen-bond donors (Lipinski definition) is 2. The van der Waals surface area contributed by atoms with E-state index in [-0.39, 0.29) is 11.8 Å². The predicted octanol–water partition coefficient (Wildman–Crippen LogP) is 0.758. The Balaban J connectivity index is 1.64. The SMILES string of the molecule is Cc1nc(NC(=O)[C@@H]2CCCN(c3ncccn3)C2)n[nH]1. The van der Waals surface area contributed by atoms with Crippen LogP contribution in [0.4, 0.5) is 11.9 Å². The Hall–Kier alpha value is -2.51. The van der Waals surface area contributed by atoms with Crippen molar-refractivity contribution in [2.75, 3.05) is 23.3 Å². The van der Waals surface area contributed by atoms with E-state index in [4.69, 9.17) is 0 Å². The molecule has 3 rings (SSSR count). The van der Waals surface area contributed by atoms with Crippen molar-refractivity contribution < 1.29 is 4.79 Å². The Labute approximate surface area is 122 Å². The number of aromatic nitrogens is 5. The van der Waals surface area contributed by atoms with Crippen LogP contribution in [0.1, 0.15) is 18.7 Å². The minimum absolute atomic E-state index is 0.0605. The second-order valence-electron chi connectivity index (χ2n) is 5.07. The summed E-state index contributed by atoms with van der Waals surface area (Å²) in [6.45, 7) is 3.27. The van der Waals surface area contributed by atoms with E-state index in [1.54, 1.807) is 25.4 Å². The summed E-state index contributed by atoms with van der Waals surface area (Å²) in [6.07, 6.45) is 5.20. The molecule has 1 amide bonds. The maximum atomic E-state index is 12.3. The van der Waals surface area contributed by atoms with Crippen molar-refractivity contribution in [2.45, 2.75) is 19.8 Å². The smallest absolute Gasteiger partial charge is 0.248 e. The highest BCUT2D eigenvalue weighted by molar-refractivity contribution is 5.91. The van der Waals surface area contributed by atoms with Gasteiger partial charge in [-0.15, -0.1) is 5.10 Å². The highest BCUT2D eigenvalue weighted by atomic mass is 16.2. The summed E-state index contributed by atoms with van der Waals surface area (Å²) in [4.78, 5) is 26.9. The van der Waals surface area contributed by atoms with Crippen LogP contribution in [0.25, 0.3) is 0 Å². The van der Waals surface area contributed by atoms with Crippen molar-refractivity contribution in [3.63, 3.8) is 0 Å². The van der Waals surface area contributed by atoms with Crippen molar-refractivity contribution in [1.82, 2.24) is 25.1 Å². The second-order valence-corrected chi connectivity index (χ2v) is 5.07. The third-order valence-corrected chi connectivity index (χ3v) is 3.46. The minimum atomic E-state index is -0.110. The van der Waals surface area contributed by atoms with Crippen LogP contribution in [0.3, 0.4) is 0 Å². The van der Waals surface area contributed by atoms with Crippen LogP contribution in [0, 0.1) is 12.8 Å². The van der Waals surface area contributed by atoms with Crippen LogP contribution >= 0.6 is 0 Å². The molecular formula is C13H17N7O. The van der Waals surface area contributed by atoms with Crippen molar-refractivity contribution >= 4 is 17.8 Å². The lowest BCUT2D eigenvalue weighted by atomic mass is 9.97. The first kappa shape index (κ1) is 13.5. The molecule has 0 bridgehead atoms. The molecule has 8 nitrogen and oxygen atoms in total. The molecule has 0 spiro atoms. The third kappa shape index (κ3) is 3.15. The van der Waals surface area contributed by atoms with Gasteiger partial charge in [-0.2, -0.15) is 4.98 Å². The fraction of sp³-hybridized carbons (Fsp3) is 0.462. The topological polar surface area (TPSA) is 99.7 Å². The van der Waals surface area contributed by atoms with Crippen LogP contribution in [0.5, 0.6) is 0 Å². The van der Waals surface area contributed by atoms with Gasteiger partial charge in [0.15, 0.2) is 0 Å². The number of carbonyl (C=O) groups is 1. The van der Waals surface area contributed by atoms with Crippen molar-refractivity contribution in [3.8, 4) is 0 Å². The van der Waals surface area contributed by atoms with Gasteiger partial charge in [-0.1, -0.05) is 0 Å². The molecule has 0 unspecified atom stereocenters. The Morgan fingerprint density at radius 3 is 2.95 bits per heavy atom. The van der Waals surface area contributed by atoms with Crippen molar-refractivity contribution in [2.24, 2.45) is 5.92 Å². The van der Waals surface area contributed by atoms with Crippen LogP contribution in [0.15, 0.2) is 18.5 Å². The molecule has 1 aliphatic heterocycles. The number of anilines is 2. The molecule has 3 heterocycles. The molecule has 8 heteroatoms. The average Bonchev–Trinajstić information content (AvgIpc) is 2.93. The largest absolute Gasteiger partial charge is 0.340 e. The van der Waals surface area contributed by atoms with Crippen LogP contribution < -0.4 is 10.2 Å². The van der Waals surface area contributed by atoms with Gasteiger partial charge < -0.3 is 4.90 Å². The number of nitrogens with zero attached hydrogens (tertiary/aromatic N) is 5. The van der Waals surface area contributed by atoms with E-state index < -0.39 is 0 Å². The first-order chi connectivity index (χ1) is 10.2. The standard InChI is InChI=1S/C13H17N7O/c1-9-16-12(19-18-9)17-11(21)10-4-2-7-20(8-10)13-14-5-3-6-15-13/h3,5-6,10H,2,4,7-8H2,1H3,(H2,16,17,18,19,21)/t10-/m1/s1. The molecule has 21 heavy (non-hydrogen) atoms. The fourth-order valence-electron chi connectivity index (χ4n) is 2.44. The maximum Gasteiger partial charge on any atom is 0.248 e. The van der Waals surface area contributed by atoms with Gasteiger partial charge in [-0.3, -0.25) is 15.2 Å². The lowest BCUT2D eigenvalue weighted by molar-refractivity contribution is -0.120. The highest BCUT2D eigenvalue weighted by Crippen LogP contribution is 2.20. The Morgan fingerprint density at radius 2 is 2.24 bits per heavy atom. The van der Waals surface area contributed by atoms with Gasteiger partial charge in [0.1, 0.15) is 5.82 Å². The summed E-state index contributed by atoms with van der Waals surface area (Å²) in [7, 11) is 0. The van der Waals surface area contributed by atoms with Crippen molar-refractivity contribution in [1.29, 1.82) is 0 Å². The van der Waals surface area contributed by atoms with Gasteiger partial charge >= 0.3 is 0 Å². The highest BCUT2D eigenvalue weighted by Gasteiger charge is 2.27. The Kier molecular flexibility index (Phi) is 3.76. The van der Waals surface area contributed by atoms with E-state index in [1.165, 1.54) is 0 Å². The summed E-state index contributed by atoms with van der Waals surface area (Å²) in [5.74, 6) is 1.50. The molecule has 0 saturated carbocycles. The molecule has 1 aliphatic rings. The summed E-state index contributed by atoms with van der Waals surface area (Å²) < 4.78 is 0. The molecule has 0 aliphatic carbocycles. The van der Waals surface area contributed by atoms with E-state index in [9.17, 15) is 4.79 Å². The first-order valence-corrected chi connectivity index (χ1v) is 6.94. The minimum Gasteiger partial charge on any atom is -0.340 e. The lowest BCUT2D eigenvalue weighted by Crippen LogP contribution is -2.41. The number of H-pyrrole nitrogens is 1. The van der Waals surface area contributed by atoms with Gasteiger partial charge in [0.05, 0.1) is 5.92 Å². The number of piperidine rings is 1. The van der Waals surface area contributed by atoms with E-state index in [0.717, 1.165) is 19.4 Å². The fourth-order valence-corrected chi connectivity index (χ4v) is 2.44. The zero-order valence-corrected chi connectivity index (χ0v) is 11.8. The average molecular weight is 287 g/mol. The number of nitrogens with one attached hydrogen (secondary N) is 2. The first-order valence-electron chi connectivity index (χ1n) is 6.94. The number of hydrogen-bond acceptors (Lipinski definition) is 6. The normalized spacial score (nSPS) is 18.5. The quantitative estimate of drug-likeness (QED) is 0.864. The number of aryl methyl sites for hydroxylation is 1. The maximum absolute atomic E-state index is 12.3. The molecule has 2 N–H and O–H groups in total. The molecule has 1 fully saturated rings. The summed E-state index contributed by atoms with van der Waals surface area (Å²) in [6, 6.07) is 1.78. The van der Waals surface area contributed by atoms with E-state index in [2.05, 4.69) is 30.5 Å². The molecule has 1 atom stereocenters. The Bertz CT molecular complexity index is 612. The molecule has 2 aromatic rings. The number of rotatable bonds is 3. The lowest BCUT2D eigenvalue weighted by Gasteiger charge is -2.31. The molecular weight excluding hydrogens is 270 g/mol. The summed E-state index contributed by atoms with van der Waals surface area (Å²) in [5, 5.41) is 9.37. The molecule has 110 valence electrons. The van der Waals surface area contributed by atoms with Crippen LogP contribution in [-0.2, 0) is 4.79 Å². The predicted molar refractivity (Wildman–Crippen MR) is 76.7 cm³/mol. The molecule has 0 radical (unpaired) electrons. The summed E-state index contributed by atoms with van der Waals surface area (Å²) in [5.41, 5.74) is 0. The monoisotopic (exact) mass is 287 g/mol. The van der Waals surface area contributed by atoms with Gasteiger partial charge in [-0.25, -0.2) is 9.97 Å². The van der Waals surface area contributed by atoms with Gasteiger partial charge in [0.25, 0.3) is 0 Å². The second kappa shape index (κ2) is 5.86. The Morgan fingerprint density at radius 1 is 1.43 bits per heavy atom. The number of carbonyl (C=O) groups excluding carboxylic acids is 1. The van der Waals surface area contributed by atoms with Gasteiger partial charge in [0, 0.05) is 25.5 Å². The van der Waals surface area contributed by atoms with Gasteiger partial charge in [0.2, 0.25) is 17.8 Å². The summed E-state index contributed by atoms with van der Waals surface area (Å²) >= 11 is 0. The van der Waals surface area contributed by atoms with E-state index in [1.807, 2.05) is 4.90 Å². The van der Waals surface area contributed by atoms with Crippen molar-refractivity contribution in [3.05, 3.63) is 24.3 Å². The number of aromatic amines is 1. The third-order valence-electron chi connectivity index (χ3n) is 3.46. The van der Waals surface area contributed by atoms with Crippen LogP contribution in [-0.4, -0.2) is 44.1 Å². The van der Waals surface area contributed by atoms with E-state index in [0.29, 0.717) is 24.3 Å².